The van der Waals surface area contributed by atoms with Gasteiger partial charge in [-0.15, -0.1) is 0 Å². The molecule has 0 aromatic carbocycles. The average molecular weight is 266 g/mol. The van der Waals surface area contributed by atoms with Crippen LogP contribution in [0.1, 0.15) is 17.4 Å². The predicted molar refractivity (Wildman–Crippen MR) is 69.6 cm³/mol. The second-order valence-electron chi connectivity index (χ2n) is 4.62. The lowest BCUT2D eigenvalue weighted by Gasteiger charge is -2.37. The molecule has 1 aromatic heterocycles. The number of aromatic nitrogens is 1. The molecule has 1 aromatic rings. The van der Waals surface area contributed by atoms with E-state index in [0.29, 0.717) is 25.5 Å². The van der Waals surface area contributed by atoms with Gasteiger partial charge in [0.05, 0.1) is 18.8 Å². The van der Waals surface area contributed by atoms with Gasteiger partial charge in [0.1, 0.15) is 5.82 Å². The van der Waals surface area contributed by atoms with Gasteiger partial charge in [0, 0.05) is 20.2 Å². The molecule has 0 radical (unpaired) electrons. The Morgan fingerprint density at radius 2 is 2.37 bits per heavy atom. The normalized spacial score (nSPS) is 23.4. The molecule has 0 amide bonds. The largest absolute Gasteiger partial charge is 0.477 e. The number of carbonyl (C=O) groups is 1. The average Bonchev–Trinajstić information content (AvgIpc) is 2.38. The Hall–Kier alpha value is -1.66. The number of morpholine rings is 1. The smallest absolute Gasteiger partial charge is 0.354 e. The molecule has 6 heteroatoms. The lowest BCUT2D eigenvalue weighted by Crippen LogP contribution is -2.48. The highest BCUT2D eigenvalue weighted by atomic mass is 16.5. The summed E-state index contributed by atoms with van der Waals surface area (Å²) in [6, 6.07) is 5.01. The molecule has 0 bridgehead atoms. The Kier molecular flexibility index (Phi) is 4.34. The number of ether oxygens (including phenoxy) is 2. The van der Waals surface area contributed by atoms with E-state index in [1.54, 1.807) is 13.2 Å². The number of rotatable bonds is 4. The highest BCUT2D eigenvalue weighted by molar-refractivity contribution is 5.85. The van der Waals surface area contributed by atoms with Crippen LogP contribution in [0.2, 0.25) is 0 Å². The van der Waals surface area contributed by atoms with Gasteiger partial charge in [-0.3, -0.25) is 0 Å². The van der Waals surface area contributed by atoms with Crippen LogP contribution in [0, 0.1) is 0 Å². The lowest BCUT2D eigenvalue weighted by molar-refractivity contribution is -0.0512. The van der Waals surface area contributed by atoms with E-state index in [4.69, 9.17) is 14.6 Å². The van der Waals surface area contributed by atoms with Crippen LogP contribution in [0.5, 0.6) is 0 Å². The van der Waals surface area contributed by atoms with E-state index in [1.165, 1.54) is 6.07 Å². The van der Waals surface area contributed by atoms with Crippen LogP contribution in [0.25, 0.3) is 0 Å². The Morgan fingerprint density at radius 1 is 1.58 bits per heavy atom. The molecule has 104 valence electrons. The van der Waals surface area contributed by atoms with E-state index in [-0.39, 0.29) is 17.9 Å². The van der Waals surface area contributed by atoms with Crippen molar-refractivity contribution in [2.75, 3.05) is 31.7 Å². The Morgan fingerprint density at radius 3 is 3.05 bits per heavy atom. The summed E-state index contributed by atoms with van der Waals surface area (Å²) in [6.07, 6.45) is 0.0354. The standard InChI is InChI=1S/C13H18N2O4/c1-9-6-15(7-10(19-9)8-18-2)12-5-3-4-11(14-12)13(16)17/h3-5,9-10H,6-8H2,1-2H3,(H,16,17). The Labute approximate surface area is 112 Å². The number of methoxy groups -OCH3 is 1. The van der Waals surface area contributed by atoms with E-state index < -0.39 is 5.97 Å². The van der Waals surface area contributed by atoms with Crippen molar-refractivity contribution in [3.05, 3.63) is 23.9 Å². The zero-order valence-electron chi connectivity index (χ0n) is 11.1. The summed E-state index contributed by atoms with van der Waals surface area (Å²) in [4.78, 5) is 17.1. The van der Waals surface area contributed by atoms with E-state index in [9.17, 15) is 4.79 Å². The number of anilines is 1. The summed E-state index contributed by atoms with van der Waals surface area (Å²) < 4.78 is 10.9. The van der Waals surface area contributed by atoms with Gasteiger partial charge in [-0.2, -0.15) is 0 Å². The van der Waals surface area contributed by atoms with Crippen molar-refractivity contribution >= 4 is 11.8 Å². The molecular weight excluding hydrogens is 248 g/mol. The highest BCUT2D eigenvalue weighted by Crippen LogP contribution is 2.19. The molecular formula is C13H18N2O4. The molecule has 19 heavy (non-hydrogen) atoms. The highest BCUT2D eigenvalue weighted by Gasteiger charge is 2.26. The second-order valence-corrected chi connectivity index (χ2v) is 4.62. The van der Waals surface area contributed by atoms with Crippen molar-refractivity contribution in [1.82, 2.24) is 4.98 Å². The third-order valence-corrected chi connectivity index (χ3v) is 2.96. The number of aromatic carboxylic acids is 1. The molecule has 0 spiro atoms. The van der Waals surface area contributed by atoms with Crippen molar-refractivity contribution in [2.45, 2.75) is 19.1 Å². The van der Waals surface area contributed by atoms with Gasteiger partial charge in [0.25, 0.3) is 0 Å². The second kappa shape index (κ2) is 5.99. The first-order chi connectivity index (χ1) is 9.10. The van der Waals surface area contributed by atoms with Gasteiger partial charge in [0.2, 0.25) is 0 Å². The van der Waals surface area contributed by atoms with Gasteiger partial charge in [-0.25, -0.2) is 9.78 Å². The topological polar surface area (TPSA) is 71.9 Å². The Balaban J connectivity index is 2.15. The number of nitrogens with zero attached hydrogens (tertiary/aromatic N) is 2. The fraction of sp³-hybridized carbons (Fsp3) is 0.538. The Bertz CT molecular complexity index is 452. The van der Waals surface area contributed by atoms with Crippen LogP contribution < -0.4 is 4.90 Å². The third-order valence-electron chi connectivity index (χ3n) is 2.96. The van der Waals surface area contributed by atoms with E-state index >= 15 is 0 Å². The molecule has 2 heterocycles. The monoisotopic (exact) mass is 266 g/mol. The molecule has 2 unspecified atom stereocenters. The zero-order chi connectivity index (χ0) is 13.8. The number of pyridine rings is 1. The maximum absolute atomic E-state index is 10.9. The van der Waals surface area contributed by atoms with Crippen LogP contribution in [0.4, 0.5) is 5.82 Å². The van der Waals surface area contributed by atoms with Crippen LogP contribution in [-0.2, 0) is 9.47 Å². The minimum absolute atomic E-state index is 0.0240. The van der Waals surface area contributed by atoms with Crippen LogP contribution >= 0.6 is 0 Å². The molecule has 2 rings (SSSR count). The van der Waals surface area contributed by atoms with Gasteiger partial charge in [0.15, 0.2) is 5.69 Å². The lowest BCUT2D eigenvalue weighted by atomic mass is 10.2. The number of carboxylic acids is 1. The molecule has 6 nitrogen and oxygen atoms in total. The maximum Gasteiger partial charge on any atom is 0.354 e. The third kappa shape index (κ3) is 3.42. The molecule has 1 N–H and O–H groups in total. The summed E-state index contributed by atoms with van der Waals surface area (Å²) in [5.41, 5.74) is 0.0555. The van der Waals surface area contributed by atoms with E-state index in [2.05, 4.69) is 4.98 Å². The molecule has 1 fully saturated rings. The van der Waals surface area contributed by atoms with Crippen molar-refractivity contribution < 1.29 is 19.4 Å². The van der Waals surface area contributed by atoms with Gasteiger partial charge in [-0.05, 0) is 19.1 Å². The quantitative estimate of drug-likeness (QED) is 0.877. The summed E-state index contributed by atoms with van der Waals surface area (Å²) in [5.74, 6) is -0.354. The van der Waals surface area contributed by atoms with Gasteiger partial charge >= 0.3 is 5.97 Å². The summed E-state index contributed by atoms with van der Waals surface area (Å²) >= 11 is 0. The minimum Gasteiger partial charge on any atom is -0.477 e. The van der Waals surface area contributed by atoms with E-state index in [1.807, 2.05) is 17.9 Å². The first-order valence-electron chi connectivity index (χ1n) is 6.20. The van der Waals surface area contributed by atoms with Crippen LogP contribution in [0.3, 0.4) is 0 Å². The molecule has 1 saturated heterocycles. The van der Waals surface area contributed by atoms with Gasteiger partial charge < -0.3 is 19.5 Å². The summed E-state index contributed by atoms with van der Waals surface area (Å²) in [7, 11) is 1.64. The number of hydrogen-bond donors (Lipinski definition) is 1. The van der Waals surface area contributed by atoms with E-state index in [0.717, 1.165) is 0 Å². The fourth-order valence-electron chi connectivity index (χ4n) is 2.23. The molecule has 2 atom stereocenters. The number of carboxylic acid groups (broad SMARTS) is 1. The first-order valence-corrected chi connectivity index (χ1v) is 6.20. The van der Waals surface area contributed by atoms with Crippen molar-refractivity contribution in [1.29, 1.82) is 0 Å². The first kappa shape index (κ1) is 13.8. The fourth-order valence-corrected chi connectivity index (χ4v) is 2.23. The summed E-state index contributed by atoms with van der Waals surface area (Å²) in [6.45, 7) is 3.83. The van der Waals surface area contributed by atoms with Crippen LogP contribution in [-0.4, -0.2) is 55.1 Å². The maximum atomic E-state index is 10.9. The van der Waals surface area contributed by atoms with Crippen molar-refractivity contribution in [3.63, 3.8) is 0 Å². The molecule has 0 saturated carbocycles. The summed E-state index contributed by atoms with van der Waals surface area (Å²) in [5, 5.41) is 8.97. The van der Waals surface area contributed by atoms with Crippen molar-refractivity contribution in [3.8, 4) is 0 Å². The predicted octanol–water partition coefficient (Wildman–Crippen LogP) is 1.02. The minimum atomic E-state index is -1.02. The molecule has 1 aliphatic rings. The van der Waals surface area contributed by atoms with Gasteiger partial charge in [-0.1, -0.05) is 6.07 Å². The van der Waals surface area contributed by atoms with Crippen molar-refractivity contribution in [2.24, 2.45) is 0 Å². The molecule has 0 aliphatic carbocycles. The van der Waals surface area contributed by atoms with Crippen LogP contribution in [0.15, 0.2) is 18.2 Å². The number of hydrogen-bond acceptors (Lipinski definition) is 5. The SMILES string of the molecule is COCC1CN(c2cccc(C(=O)O)n2)CC(C)O1. The molecule has 1 aliphatic heterocycles. The zero-order valence-corrected chi connectivity index (χ0v) is 11.1.